The summed E-state index contributed by atoms with van der Waals surface area (Å²) in [4.78, 5) is 0. The van der Waals surface area contributed by atoms with Crippen LogP contribution in [0.15, 0.2) is 54.6 Å². The first kappa shape index (κ1) is 11.5. The maximum Gasteiger partial charge on any atom is 0.0570 e. The number of aryl methyl sites for hydroxylation is 2. The molecular weight excluding hydrogens is 242 g/mol. The van der Waals surface area contributed by atoms with E-state index in [-0.39, 0.29) is 0 Å². The number of para-hydroxylation sites is 1. The minimum absolute atomic E-state index is 0.999. The lowest BCUT2D eigenvalue weighted by molar-refractivity contribution is 0.827. The average molecular weight is 259 g/mol. The molecule has 4 rings (SSSR count). The van der Waals surface area contributed by atoms with Crippen molar-refractivity contribution in [2.45, 2.75) is 20.4 Å². The average Bonchev–Trinajstić information content (AvgIpc) is 2.83. The van der Waals surface area contributed by atoms with E-state index in [4.69, 9.17) is 0 Å². The summed E-state index contributed by atoms with van der Waals surface area (Å²) in [6.07, 6.45) is 0. The van der Waals surface area contributed by atoms with Gasteiger partial charge in [0, 0.05) is 22.7 Å². The molecule has 3 aromatic carbocycles. The van der Waals surface area contributed by atoms with Gasteiger partial charge in [0.15, 0.2) is 0 Å². The molecule has 0 radical (unpaired) electrons. The molecule has 4 aromatic rings. The van der Waals surface area contributed by atoms with Gasteiger partial charge in [0.25, 0.3) is 0 Å². The predicted octanol–water partition coefficient (Wildman–Crippen LogP) is 5.28. The van der Waals surface area contributed by atoms with Crippen LogP contribution in [0.5, 0.6) is 0 Å². The van der Waals surface area contributed by atoms with Crippen molar-refractivity contribution in [3.05, 3.63) is 60.2 Å². The van der Waals surface area contributed by atoms with Crippen LogP contribution in [0, 0.1) is 6.92 Å². The van der Waals surface area contributed by atoms with Crippen LogP contribution in [0.2, 0.25) is 0 Å². The molecule has 0 spiro atoms. The summed E-state index contributed by atoms with van der Waals surface area (Å²) in [5.41, 5.74) is 4.10. The molecule has 1 nitrogen and oxygen atoms in total. The van der Waals surface area contributed by atoms with E-state index in [1.807, 2.05) is 0 Å². The molecule has 0 amide bonds. The lowest BCUT2D eigenvalue weighted by Crippen LogP contribution is -1.95. The van der Waals surface area contributed by atoms with Gasteiger partial charge in [-0.15, -0.1) is 0 Å². The number of nitrogens with zero attached hydrogens (tertiary/aromatic N) is 1. The summed E-state index contributed by atoms with van der Waals surface area (Å²) >= 11 is 0. The molecule has 0 N–H and O–H groups in total. The van der Waals surface area contributed by atoms with Gasteiger partial charge < -0.3 is 4.57 Å². The lowest BCUT2D eigenvalue weighted by atomic mass is 10.1. The van der Waals surface area contributed by atoms with Gasteiger partial charge >= 0.3 is 0 Å². The molecule has 0 aliphatic heterocycles. The molecular formula is C19H17N. The number of fused-ring (bicyclic) bond motifs is 5. The normalized spacial score (nSPS) is 11.7. The Morgan fingerprint density at radius 1 is 0.750 bits per heavy atom. The highest BCUT2D eigenvalue weighted by Crippen LogP contribution is 2.35. The Bertz CT molecular complexity index is 944. The van der Waals surface area contributed by atoms with Gasteiger partial charge in [0.05, 0.1) is 11.0 Å². The highest BCUT2D eigenvalue weighted by molar-refractivity contribution is 6.18. The second kappa shape index (κ2) is 4.11. The second-order valence-electron chi connectivity index (χ2n) is 5.40. The first-order valence-electron chi connectivity index (χ1n) is 7.20. The number of hydrogen-bond acceptors (Lipinski definition) is 0. The van der Waals surface area contributed by atoms with Crippen LogP contribution in [0.3, 0.4) is 0 Å². The van der Waals surface area contributed by atoms with Crippen molar-refractivity contribution in [3.63, 3.8) is 0 Å². The van der Waals surface area contributed by atoms with Crippen molar-refractivity contribution >= 4 is 32.6 Å². The zero-order valence-electron chi connectivity index (χ0n) is 11.9. The fourth-order valence-corrected chi connectivity index (χ4v) is 3.43. The van der Waals surface area contributed by atoms with Crippen LogP contribution in [0.4, 0.5) is 0 Å². The van der Waals surface area contributed by atoms with E-state index in [9.17, 15) is 0 Å². The minimum atomic E-state index is 0.999. The molecule has 0 saturated carbocycles. The molecule has 0 unspecified atom stereocenters. The van der Waals surface area contributed by atoms with Gasteiger partial charge in [-0.05, 0) is 24.8 Å². The molecule has 0 atom stereocenters. The van der Waals surface area contributed by atoms with Crippen LogP contribution in [0.1, 0.15) is 12.5 Å². The third-order valence-corrected chi connectivity index (χ3v) is 4.28. The van der Waals surface area contributed by atoms with E-state index >= 15 is 0 Å². The van der Waals surface area contributed by atoms with Gasteiger partial charge in [-0.3, -0.25) is 0 Å². The van der Waals surface area contributed by atoms with Gasteiger partial charge in [0.1, 0.15) is 0 Å². The SMILES string of the molecule is CCn1c2c(C)cccc2c2ccc3ccccc3c21. The summed E-state index contributed by atoms with van der Waals surface area (Å²) < 4.78 is 2.46. The molecule has 1 aromatic heterocycles. The van der Waals surface area contributed by atoms with E-state index in [1.165, 1.54) is 38.1 Å². The molecule has 0 bridgehead atoms. The van der Waals surface area contributed by atoms with Gasteiger partial charge in [-0.25, -0.2) is 0 Å². The molecule has 0 saturated heterocycles. The fraction of sp³-hybridized carbons (Fsp3) is 0.158. The van der Waals surface area contributed by atoms with Crippen LogP contribution < -0.4 is 0 Å². The number of aromatic nitrogens is 1. The predicted molar refractivity (Wildman–Crippen MR) is 87.4 cm³/mol. The lowest BCUT2D eigenvalue weighted by Gasteiger charge is -2.07. The smallest absolute Gasteiger partial charge is 0.0570 e. The molecule has 0 aliphatic carbocycles. The third-order valence-electron chi connectivity index (χ3n) is 4.28. The van der Waals surface area contributed by atoms with Crippen LogP contribution in [-0.2, 0) is 6.54 Å². The quantitative estimate of drug-likeness (QED) is 0.438. The summed E-state index contributed by atoms with van der Waals surface area (Å²) in [6, 6.07) is 19.8. The topological polar surface area (TPSA) is 4.93 Å². The summed E-state index contributed by atoms with van der Waals surface area (Å²) in [5, 5.41) is 5.40. The van der Waals surface area contributed by atoms with Crippen molar-refractivity contribution in [3.8, 4) is 0 Å². The molecule has 0 aliphatic rings. The Kier molecular flexibility index (Phi) is 2.37. The van der Waals surface area contributed by atoms with Gasteiger partial charge in [0.2, 0.25) is 0 Å². The van der Waals surface area contributed by atoms with Crippen LogP contribution >= 0.6 is 0 Å². The zero-order chi connectivity index (χ0) is 13.7. The summed E-state index contributed by atoms with van der Waals surface area (Å²) in [6.45, 7) is 5.43. The van der Waals surface area contributed by atoms with E-state index in [1.54, 1.807) is 0 Å². The Morgan fingerprint density at radius 2 is 1.50 bits per heavy atom. The van der Waals surface area contributed by atoms with Crippen LogP contribution in [-0.4, -0.2) is 4.57 Å². The fourth-order valence-electron chi connectivity index (χ4n) is 3.43. The highest BCUT2D eigenvalue weighted by Gasteiger charge is 2.13. The van der Waals surface area contributed by atoms with E-state index < -0.39 is 0 Å². The second-order valence-corrected chi connectivity index (χ2v) is 5.40. The van der Waals surface area contributed by atoms with Gasteiger partial charge in [-0.2, -0.15) is 0 Å². The van der Waals surface area contributed by atoms with Crippen molar-refractivity contribution in [2.75, 3.05) is 0 Å². The number of rotatable bonds is 1. The molecule has 20 heavy (non-hydrogen) atoms. The maximum absolute atomic E-state index is 2.46. The Morgan fingerprint density at radius 3 is 2.35 bits per heavy atom. The highest BCUT2D eigenvalue weighted by atomic mass is 15.0. The number of hydrogen-bond donors (Lipinski definition) is 0. The van der Waals surface area contributed by atoms with Crippen molar-refractivity contribution in [1.29, 1.82) is 0 Å². The molecule has 1 heterocycles. The summed E-state index contributed by atoms with van der Waals surface area (Å²) in [7, 11) is 0. The minimum Gasteiger partial charge on any atom is -0.340 e. The van der Waals surface area contributed by atoms with Crippen molar-refractivity contribution in [1.82, 2.24) is 4.57 Å². The molecule has 1 heteroatoms. The standard InChI is InChI=1S/C19H17N/c1-3-20-18-13(2)7-6-10-16(18)17-12-11-14-8-4-5-9-15(14)19(17)20/h4-12H,3H2,1-2H3. The monoisotopic (exact) mass is 259 g/mol. The van der Waals surface area contributed by atoms with E-state index in [2.05, 4.69) is 73.0 Å². The first-order valence-corrected chi connectivity index (χ1v) is 7.20. The van der Waals surface area contributed by atoms with E-state index in [0.29, 0.717) is 0 Å². The molecule has 98 valence electrons. The largest absolute Gasteiger partial charge is 0.340 e. The Labute approximate surface area is 118 Å². The number of benzene rings is 3. The Hall–Kier alpha value is -2.28. The molecule has 0 fully saturated rings. The first-order chi connectivity index (χ1) is 9.81. The maximum atomic E-state index is 2.46. The van der Waals surface area contributed by atoms with Crippen molar-refractivity contribution < 1.29 is 0 Å². The van der Waals surface area contributed by atoms with Crippen LogP contribution in [0.25, 0.3) is 32.6 Å². The summed E-state index contributed by atoms with van der Waals surface area (Å²) in [5.74, 6) is 0. The van der Waals surface area contributed by atoms with Crippen molar-refractivity contribution in [2.24, 2.45) is 0 Å². The van der Waals surface area contributed by atoms with Gasteiger partial charge in [-0.1, -0.05) is 54.6 Å². The van der Waals surface area contributed by atoms with E-state index in [0.717, 1.165) is 6.54 Å². The zero-order valence-corrected chi connectivity index (χ0v) is 11.9. The third kappa shape index (κ3) is 1.38. The Balaban J connectivity index is 2.38.